The molecule has 0 aliphatic heterocycles. The average molecular weight is 308 g/mol. The summed E-state index contributed by atoms with van der Waals surface area (Å²) in [6.45, 7) is 8.93. The van der Waals surface area contributed by atoms with E-state index in [2.05, 4.69) is 29.1 Å². The van der Waals surface area contributed by atoms with Crippen LogP contribution in [0.1, 0.15) is 37.9 Å². The summed E-state index contributed by atoms with van der Waals surface area (Å²) in [6.07, 6.45) is 0. The number of benzene rings is 1. The van der Waals surface area contributed by atoms with Crippen LogP contribution in [0.25, 0.3) is 11.4 Å². The molecule has 21 heavy (non-hydrogen) atoms. The van der Waals surface area contributed by atoms with Crippen molar-refractivity contribution in [2.45, 2.75) is 33.6 Å². The van der Waals surface area contributed by atoms with Crippen molar-refractivity contribution >= 4 is 17.4 Å². The van der Waals surface area contributed by atoms with Crippen LogP contribution in [-0.2, 0) is 0 Å². The Kier molecular flexibility index (Phi) is 4.78. The second-order valence-electron chi connectivity index (χ2n) is 5.24. The molecule has 0 unspecified atom stereocenters. The summed E-state index contributed by atoms with van der Waals surface area (Å²) in [6, 6.07) is 4.33. The normalized spacial score (nSPS) is 11.0. The third-order valence-electron chi connectivity index (χ3n) is 3.18. The lowest BCUT2D eigenvalue weighted by Gasteiger charge is -2.16. The highest BCUT2D eigenvalue weighted by Gasteiger charge is 2.15. The molecule has 0 bridgehead atoms. The quantitative estimate of drug-likeness (QED) is 0.881. The summed E-state index contributed by atoms with van der Waals surface area (Å²) in [5.41, 5.74) is 2.56. The van der Waals surface area contributed by atoms with Crippen LogP contribution < -0.4 is 5.32 Å². The molecule has 2 rings (SSSR count). The number of aryl methyl sites for hydroxylation is 1. The maximum atomic E-state index is 13.5. The van der Waals surface area contributed by atoms with Crippen LogP contribution in [-0.4, -0.2) is 16.5 Å². The van der Waals surface area contributed by atoms with Crippen molar-refractivity contribution in [2.24, 2.45) is 0 Å². The lowest BCUT2D eigenvalue weighted by molar-refractivity contribution is 0.628. The maximum Gasteiger partial charge on any atom is 0.161 e. The predicted molar refractivity (Wildman–Crippen MR) is 85.4 cm³/mol. The van der Waals surface area contributed by atoms with Gasteiger partial charge in [-0.1, -0.05) is 25.4 Å². The smallest absolute Gasteiger partial charge is 0.161 e. The van der Waals surface area contributed by atoms with Gasteiger partial charge in [-0.15, -0.1) is 0 Å². The number of anilines is 1. The van der Waals surface area contributed by atoms with Gasteiger partial charge in [0.1, 0.15) is 11.6 Å². The Morgan fingerprint density at radius 3 is 2.52 bits per heavy atom. The Hall–Kier alpha value is -1.68. The monoisotopic (exact) mass is 307 g/mol. The summed E-state index contributed by atoms with van der Waals surface area (Å²) in [4.78, 5) is 9.06. The van der Waals surface area contributed by atoms with Gasteiger partial charge in [0.2, 0.25) is 0 Å². The van der Waals surface area contributed by atoms with Gasteiger partial charge in [0.05, 0.1) is 0 Å². The van der Waals surface area contributed by atoms with E-state index in [1.165, 1.54) is 12.1 Å². The first-order valence-corrected chi connectivity index (χ1v) is 7.39. The highest BCUT2D eigenvalue weighted by atomic mass is 35.5. The molecule has 1 aromatic heterocycles. The van der Waals surface area contributed by atoms with Gasteiger partial charge in [-0.05, 0) is 38.0 Å². The fourth-order valence-corrected chi connectivity index (χ4v) is 2.61. The third-order valence-corrected chi connectivity index (χ3v) is 3.40. The third kappa shape index (κ3) is 3.50. The summed E-state index contributed by atoms with van der Waals surface area (Å²) in [5, 5.41) is 3.60. The lowest BCUT2D eigenvalue weighted by Crippen LogP contribution is -2.09. The number of nitrogens with zero attached hydrogens (tertiary/aromatic N) is 2. The zero-order valence-electron chi connectivity index (χ0n) is 12.7. The summed E-state index contributed by atoms with van der Waals surface area (Å²) >= 11 is 5.91. The van der Waals surface area contributed by atoms with Crippen LogP contribution in [0.3, 0.4) is 0 Å². The number of rotatable bonds is 4. The van der Waals surface area contributed by atoms with Crippen LogP contribution in [0.5, 0.6) is 0 Å². The summed E-state index contributed by atoms with van der Waals surface area (Å²) in [7, 11) is 0. The molecule has 112 valence electrons. The minimum atomic E-state index is -0.392. The molecule has 1 aromatic carbocycles. The Bertz CT molecular complexity index is 636. The molecule has 0 amide bonds. The van der Waals surface area contributed by atoms with Gasteiger partial charge in [-0.3, -0.25) is 0 Å². The Labute approximate surface area is 129 Å². The van der Waals surface area contributed by atoms with E-state index in [0.29, 0.717) is 22.3 Å². The highest BCUT2D eigenvalue weighted by Crippen LogP contribution is 2.29. The zero-order valence-corrected chi connectivity index (χ0v) is 13.4. The molecular formula is C16H19ClFN3. The molecule has 0 aliphatic carbocycles. The van der Waals surface area contributed by atoms with Crippen LogP contribution in [0.15, 0.2) is 18.2 Å². The number of aromatic nitrogens is 2. The Morgan fingerprint density at radius 1 is 1.24 bits per heavy atom. The number of hydrogen-bond acceptors (Lipinski definition) is 3. The van der Waals surface area contributed by atoms with E-state index in [-0.39, 0.29) is 0 Å². The van der Waals surface area contributed by atoms with Gasteiger partial charge >= 0.3 is 0 Å². The van der Waals surface area contributed by atoms with Crippen LogP contribution in [0, 0.1) is 12.7 Å². The second kappa shape index (κ2) is 6.39. The molecule has 0 fully saturated rings. The van der Waals surface area contributed by atoms with E-state index >= 15 is 0 Å². The van der Waals surface area contributed by atoms with E-state index in [1.54, 1.807) is 6.07 Å². The van der Waals surface area contributed by atoms with Gasteiger partial charge in [-0.2, -0.15) is 0 Å². The molecule has 5 heteroatoms. The fraction of sp³-hybridized carbons (Fsp3) is 0.375. The zero-order chi connectivity index (χ0) is 15.6. The molecule has 3 nitrogen and oxygen atoms in total. The minimum absolute atomic E-state index is 0.309. The maximum absolute atomic E-state index is 13.5. The van der Waals surface area contributed by atoms with Gasteiger partial charge in [0.15, 0.2) is 5.82 Å². The molecule has 0 atom stereocenters. The van der Waals surface area contributed by atoms with E-state index in [1.807, 2.05) is 13.8 Å². The second-order valence-corrected chi connectivity index (χ2v) is 5.67. The van der Waals surface area contributed by atoms with Crippen LogP contribution in [0.4, 0.5) is 10.2 Å². The molecule has 2 aromatic rings. The highest BCUT2D eigenvalue weighted by molar-refractivity contribution is 6.30. The summed E-state index contributed by atoms with van der Waals surface area (Å²) in [5.74, 6) is 1.20. The van der Waals surface area contributed by atoms with Crippen LogP contribution >= 0.6 is 11.6 Å². The van der Waals surface area contributed by atoms with Crippen LogP contribution in [0.2, 0.25) is 5.02 Å². The first-order chi connectivity index (χ1) is 9.92. The standard InChI is InChI=1S/C16H19ClFN3/c1-5-19-16-14(9(2)3)10(4)20-15(21-16)11-6-12(17)8-13(18)7-11/h6-9H,5H2,1-4H3,(H,19,20,21). The van der Waals surface area contributed by atoms with Crippen molar-refractivity contribution in [2.75, 3.05) is 11.9 Å². The van der Waals surface area contributed by atoms with Gasteiger partial charge in [0.25, 0.3) is 0 Å². The topological polar surface area (TPSA) is 37.8 Å². The fourth-order valence-electron chi connectivity index (χ4n) is 2.39. The van der Waals surface area contributed by atoms with E-state index < -0.39 is 5.82 Å². The van der Waals surface area contributed by atoms with E-state index in [4.69, 9.17) is 11.6 Å². The molecule has 1 heterocycles. The number of nitrogens with one attached hydrogen (secondary N) is 1. The van der Waals surface area contributed by atoms with E-state index in [0.717, 1.165) is 23.6 Å². The summed E-state index contributed by atoms with van der Waals surface area (Å²) < 4.78 is 13.5. The van der Waals surface area contributed by atoms with E-state index in [9.17, 15) is 4.39 Å². The van der Waals surface area contributed by atoms with Crippen molar-refractivity contribution in [3.8, 4) is 11.4 Å². The predicted octanol–water partition coefficient (Wildman–Crippen LogP) is 4.80. The van der Waals surface area contributed by atoms with Crippen molar-refractivity contribution in [3.05, 3.63) is 40.3 Å². The molecule has 0 spiro atoms. The first-order valence-electron chi connectivity index (χ1n) is 7.01. The largest absolute Gasteiger partial charge is 0.370 e. The lowest BCUT2D eigenvalue weighted by atomic mass is 10.0. The molecular weight excluding hydrogens is 289 g/mol. The number of hydrogen-bond donors (Lipinski definition) is 1. The first kappa shape index (κ1) is 15.7. The molecule has 0 saturated carbocycles. The Morgan fingerprint density at radius 2 is 1.95 bits per heavy atom. The Balaban J connectivity index is 2.60. The average Bonchev–Trinajstić information content (AvgIpc) is 2.36. The van der Waals surface area contributed by atoms with Gasteiger partial charge in [-0.25, -0.2) is 14.4 Å². The number of halogens is 2. The molecule has 0 radical (unpaired) electrons. The molecule has 1 N–H and O–H groups in total. The molecule has 0 aliphatic rings. The van der Waals surface area contributed by atoms with Crippen molar-refractivity contribution in [1.29, 1.82) is 0 Å². The van der Waals surface area contributed by atoms with Gasteiger partial charge in [0, 0.05) is 28.4 Å². The van der Waals surface area contributed by atoms with Crippen molar-refractivity contribution < 1.29 is 4.39 Å². The molecule has 0 saturated heterocycles. The van der Waals surface area contributed by atoms with Crippen molar-refractivity contribution in [1.82, 2.24) is 9.97 Å². The van der Waals surface area contributed by atoms with Gasteiger partial charge < -0.3 is 5.32 Å². The SMILES string of the molecule is CCNc1nc(-c2cc(F)cc(Cl)c2)nc(C)c1C(C)C. The minimum Gasteiger partial charge on any atom is -0.370 e. The van der Waals surface area contributed by atoms with Crippen molar-refractivity contribution in [3.63, 3.8) is 0 Å².